The van der Waals surface area contributed by atoms with Crippen LogP contribution in [0, 0.1) is 5.92 Å². The van der Waals surface area contributed by atoms with Gasteiger partial charge >= 0.3 is 0 Å². The van der Waals surface area contributed by atoms with E-state index in [4.69, 9.17) is 10.5 Å². The molecule has 0 aliphatic carbocycles. The van der Waals surface area contributed by atoms with Crippen molar-refractivity contribution >= 4 is 23.4 Å². The van der Waals surface area contributed by atoms with Crippen LogP contribution < -0.4 is 15.4 Å². The minimum absolute atomic E-state index is 0.137. The molecule has 7 nitrogen and oxygen atoms in total. The molecule has 1 aromatic carbocycles. The number of carbonyl (C=O) groups is 3. The van der Waals surface area contributed by atoms with Gasteiger partial charge in [-0.25, -0.2) is 4.90 Å². The Hall–Kier alpha value is -2.41. The lowest BCUT2D eigenvalue weighted by Gasteiger charge is -2.34. The fraction of sp³-hybridized carbons (Fsp3) is 0.526. The molecule has 2 N–H and O–H groups in total. The van der Waals surface area contributed by atoms with Gasteiger partial charge in [0.2, 0.25) is 11.8 Å². The van der Waals surface area contributed by atoms with Crippen LogP contribution in [0.4, 0.5) is 5.69 Å². The zero-order valence-electron chi connectivity index (χ0n) is 15.0. The van der Waals surface area contributed by atoms with Crippen LogP contribution in [-0.4, -0.2) is 48.4 Å². The van der Waals surface area contributed by atoms with E-state index in [1.165, 1.54) is 4.90 Å². The van der Waals surface area contributed by atoms with Gasteiger partial charge in [0.25, 0.3) is 5.91 Å². The predicted octanol–water partition coefficient (Wildman–Crippen LogP) is 1.30. The van der Waals surface area contributed by atoms with Crippen molar-refractivity contribution in [1.82, 2.24) is 4.90 Å². The average molecular weight is 359 g/mol. The summed E-state index contributed by atoms with van der Waals surface area (Å²) in [4.78, 5) is 40.0. The Balaban J connectivity index is 1.71. The van der Waals surface area contributed by atoms with E-state index in [0.717, 1.165) is 19.3 Å². The summed E-state index contributed by atoms with van der Waals surface area (Å²) in [6.45, 7) is 3.79. The quantitative estimate of drug-likeness (QED) is 0.773. The van der Waals surface area contributed by atoms with Crippen LogP contribution in [0.25, 0.3) is 0 Å². The first-order valence-corrected chi connectivity index (χ1v) is 9.14. The first-order chi connectivity index (χ1) is 12.5. The molecule has 1 aromatic rings. The van der Waals surface area contributed by atoms with Gasteiger partial charge in [0.15, 0.2) is 0 Å². The SMILES string of the molecule is CCCOc1ccc(N2C(=O)C[C@@H](N3CCC[C@H](C(N)=O)C3)C2=O)cc1. The van der Waals surface area contributed by atoms with Crippen molar-refractivity contribution in [3.05, 3.63) is 24.3 Å². The second-order valence-corrected chi connectivity index (χ2v) is 6.87. The maximum atomic E-state index is 12.9. The Kier molecular flexibility index (Phi) is 5.56. The lowest BCUT2D eigenvalue weighted by atomic mass is 9.96. The summed E-state index contributed by atoms with van der Waals surface area (Å²) >= 11 is 0. The molecule has 2 aliphatic rings. The standard InChI is InChI=1S/C19H25N3O4/c1-2-10-26-15-7-5-14(6-8-15)22-17(23)11-16(19(22)25)21-9-3-4-13(12-21)18(20)24/h5-8,13,16H,2-4,9-12H2,1H3,(H2,20,24)/t13-,16+/m0/s1. The zero-order chi connectivity index (χ0) is 18.7. The molecule has 26 heavy (non-hydrogen) atoms. The number of benzene rings is 1. The molecule has 0 bridgehead atoms. The van der Waals surface area contributed by atoms with Crippen molar-refractivity contribution in [3.63, 3.8) is 0 Å². The van der Waals surface area contributed by atoms with Gasteiger partial charge in [0.1, 0.15) is 5.75 Å². The number of anilines is 1. The Morgan fingerprint density at radius 1 is 1.27 bits per heavy atom. The molecule has 2 fully saturated rings. The second kappa shape index (κ2) is 7.86. The van der Waals surface area contributed by atoms with Crippen molar-refractivity contribution in [3.8, 4) is 5.75 Å². The van der Waals surface area contributed by atoms with Crippen molar-refractivity contribution in [1.29, 1.82) is 0 Å². The van der Waals surface area contributed by atoms with E-state index in [1.807, 2.05) is 11.8 Å². The van der Waals surface area contributed by atoms with E-state index in [-0.39, 0.29) is 30.1 Å². The van der Waals surface area contributed by atoms with E-state index in [2.05, 4.69) is 0 Å². The summed E-state index contributed by atoms with van der Waals surface area (Å²) in [6.07, 6.45) is 2.59. The predicted molar refractivity (Wildman–Crippen MR) is 96.6 cm³/mol. The molecule has 140 valence electrons. The molecule has 2 atom stereocenters. The highest BCUT2D eigenvalue weighted by molar-refractivity contribution is 6.22. The van der Waals surface area contributed by atoms with Crippen molar-refractivity contribution in [2.45, 2.75) is 38.6 Å². The smallest absolute Gasteiger partial charge is 0.251 e. The molecular formula is C19H25N3O4. The highest BCUT2D eigenvalue weighted by Crippen LogP contribution is 2.29. The van der Waals surface area contributed by atoms with Crippen LogP contribution in [0.5, 0.6) is 5.75 Å². The second-order valence-electron chi connectivity index (χ2n) is 6.87. The third-order valence-corrected chi connectivity index (χ3v) is 4.99. The third kappa shape index (κ3) is 3.72. The van der Waals surface area contributed by atoms with E-state index in [1.54, 1.807) is 24.3 Å². The Labute approximate surface area is 153 Å². The van der Waals surface area contributed by atoms with Crippen LogP contribution in [0.3, 0.4) is 0 Å². The van der Waals surface area contributed by atoms with Crippen molar-refractivity contribution < 1.29 is 19.1 Å². The highest BCUT2D eigenvalue weighted by Gasteiger charge is 2.44. The Morgan fingerprint density at radius 3 is 2.65 bits per heavy atom. The van der Waals surface area contributed by atoms with E-state index in [9.17, 15) is 14.4 Å². The van der Waals surface area contributed by atoms with Crippen molar-refractivity contribution in [2.24, 2.45) is 11.7 Å². The van der Waals surface area contributed by atoms with E-state index >= 15 is 0 Å². The lowest BCUT2D eigenvalue weighted by molar-refractivity contribution is -0.127. The molecule has 0 spiro atoms. The first-order valence-electron chi connectivity index (χ1n) is 9.14. The van der Waals surface area contributed by atoms with Gasteiger partial charge in [0.05, 0.1) is 30.7 Å². The molecular weight excluding hydrogens is 334 g/mol. The number of nitrogens with zero attached hydrogens (tertiary/aromatic N) is 2. The fourth-order valence-corrected chi connectivity index (χ4v) is 3.61. The van der Waals surface area contributed by atoms with Gasteiger partial charge in [0, 0.05) is 6.54 Å². The van der Waals surface area contributed by atoms with Gasteiger partial charge in [-0.1, -0.05) is 6.92 Å². The number of amides is 3. The summed E-state index contributed by atoms with van der Waals surface area (Å²) in [6, 6.07) is 6.48. The lowest BCUT2D eigenvalue weighted by Crippen LogP contribution is -2.49. The van der Waals surface area contributed by atoms with Crippen LogP contribution in [0.2, 0.25) is 0 Å². The summed E-state index contributed by atoms with van der Waals surface area (Å²) in [5.74, 6) is -0.334. The third-order valence-electron chi connectivity index (χ3n) is 4.99. The summed E-state index contributed by atoms with van der Waals surface area (Å²) in [7, 11) is 0. The molecule has 2 aliphatic heterocycles. The summed E-state index contributed by atoms with van der Waals surface area (Å²) < 4.78 is 5.54. The summed E-state index contributed by atoms with van der Waals surface area (Å²) in [5.41, 5.74) is 5.97. The normalized spacial score (nSPS) is 24.1. The minimum Gasteiger partial charge on any atom is -0.494 e. The minimum atomic E-state index is -0.513. The van der Waals surface area contributed by atoms with Gasteiger partial charge in [-0.15, -0.1) is 0 Å². The van der Waals surface area contributed by atoms with Crippen LogP contribution in [0.1, 0.15) is 32.6 Å². The largest absolute Gasteiger partial charge is 0.494 e. The van der Waals surface area contributed by atoms with Gasteiger partial charge < -0.3 is 10.5 Å². The summed E-state index contributed by atoms with van der Waals surface area (Å²) in [5, 5.41) is 0. The number of hydrogen-bond donors (Lipinski definition) is 1. The number of carbonyl (C=O) groups excluding carboxylic acids is 3. The number of ether oxygens (including phenoxy) is 1. The maximum absolute atomic E-state index is 12.9. The maximum Gasteiger partial charge on any atom is 0.251 e. The van der Waals surface area contributed by atoms with Gasteiger partial charge in [-0.2, -0.15) is 0 Å². The Bertz CT molecular complexity index is 689. The number of rotatable bonds is 6. The van der Waals surface area contributed by atoms with Crippen LogP contribution >= 0.6 is 0 Å². The monoisotopic (exact) mass is 359 g/mol. The molecule has 0 aromatic heterocycles. The van der Waals surface area contributed by atoms with Crippen LogP contribution in [-0.2, 0) is 14.4 Å². The van der Waals surface area contributed by atoms with Gasteiger partial charge in [-0.3, -0.25) is 19.3 Å². The molecule has 2 heterocycles. The number of likely N-dealkylation sites (tertiary alicyclic amines) is 1. The molecule has 0 radical (unpaired) electrons. The molecule has 3 amide bonds. The Morgan fingerprint density at radius 2 is 2.00 bits per heavy atom. The molecule has 0 saturated carbocycles. The first kappa shape index (κ1) is 18.4. The van der Waals surface area contributed by atoms with Gasteiger partial charge in [-0.05, 0) is 50.1 Å². The molecule has 0 unspecified atom stereocenters. The molecule has 2 saturated heterocycles. The van der Waals surface area contributed by atoms with E-state index in [0.29, 0.717) is 31.1 Å². The number of piperidine rings is 1. The zero-order valence-corrected chi connectivity index (χ0v) is 15.0. The number of imide groups is 1. The average Bonchev–Trinajstić information content (AvgIpc) is 2.95. The number of nitrogens with two attached hydrogens (primary N) is 1. The molecule has 7 heteroatoms. The van der Waals surface area contributed by atoms with E-state index < -0.39 is 6.04 Å². The molecule has 3 rings (SSSR count). The fourth-order valence-electron chi connectivity index (χ4n) is 3.61. The number of primary amides is 1. The topological polar surface area (TPSA) is 92.9 Å². The van der Waals surface area contributed by atoms with Crippen molar-refractivity contribution in [2.75, 3.05) is 24.6 Å². The highest BCUT2D eigenvalue weighted by atomic mass is 16.5. The van der Waals surface area contributed by atoms with Crippen LogP contribution in [0.15, 0.2) is 24.3 Å². The number of hydrogen-bond acceptors (Lipinski definition) is 5.